The normalized spacial score (nSPS) is 34.9. The molecular formula is C19H33NO4. The summed E-state index contributed by atoms with van der Waals surface area (Å²) in [6, 6.07) is -0.137. The Kier molecular flexibility index (Phi) is 5.12. The fourth-order valence-electron chi connectivity index (χ4n) is 4.78. The zero-order valence-corrected chi connectivity index (χ0v) is 15.4. The van der Waals surface area contributed by atoms with Crippen LogP contribution in [0.3, 0.4) is 0 Å². The van der Waals surface area contributed by atoms with Crippen molar-refractivity contribution in [2.24, 2.45) is 5.92 Å². The van der Waals surface area contributed by atoms with Gasteiger partial charge in [0, 0.05) is 0 Å². The van der Waals surface area contributed by atoms with E-state index in [0.717, 1.165) is 6.42 Å². The van der Waals surface area contributed by atoms with Gasteiger partial charge in [0.1, 0.15) is 5.60 Å². The zero-order chi connectivity index (χ0) is 17.4. The molecule has 0 aromatic rings. The Labute approximate surface area is 145 Å². The monoisotopic (exact) mass is 339 g/mol. The van der Waals surface area contributed by atoms with Crippen LogP contribution in [0.15, 0.2) is 0 Å². The van der Waals surface area contributed by atoms with Gasteiger partial charge in [-0.1, -0.05) is 32.1 Å². The van der Waals surface area contributed by atoms with Crippen LogP contribution in [0, 0.1) is 5.92 Å². The molecule has 2 heterocycles. The molecule has 3 aliphatic rings. The standard InChI is InChI=1S/C19H33NO4/c1-18(2,3)24-17(21)20-15-10-19(22,11-16(20)13-23-12-15)9-14-7-5-4-6-8-14/h14-16,22H,4-13H2,1-3H3. The summed E-state index contributed by atoms with van der Waals surface area (Å²) < 4.78 is 11.3. The molecule has 1 N–H and O–H groups in total. The first kappa shape index (κ1) is 18.0. The minimum Gasteiger partial charge on any atom is -0.444 e. The Morgan fingerprint density at radius 1 is 1.17 bits per heavy atom. The maximum absolute atomic E-state index is 12.6. The van der Waals surface area contributed by atoms with Crippen molar-refractivity contribution in [3.63, 3.8) is 0 Å². The van der Waals surface area contributed by atoms with Crippen molar-refractivity contribution in [1.29, 1.82) is 0 Å². The quantitative estimate of drug-likeness (QED) is 0.837. The predicted octanol–water partition coefficient (Wildman–Crippen LogP) is 3.49. The average molecular weight is 339 g/mol. The molecule has 0 aromatic heterocycles. The number of carbonyl (C=O) groups excluding carboxylic acids is 1. The molecular weight excluding hydrogens is 306 g/mol. The van der Waals surface area contributed by atoms with Crippen LogP contribution in [0.25, 0.3) is 0 Å². The minimum atomic E-state index is -0.653. The van der Waals surface area contributed by atoms with Gasteiger partial charge in [0.2, 0.25) is 0 Å². The second-order valence-electron chi connectivity index (χ2n) is 9.07. The smallest absolute Gasteiger partial charge is 0.410 e. The van der Waals surface area contributed by atoms with Crippen molar-refractivity contribution >= 4 is 6.09 Å². The topological polar surface area (TPSA) is 59.0 Å². The highest BCUT2D eigenvalue weighted by molar-refractivity contribution is 5.69. The lowest BCUT2D eigenvalue weighted by molar-refractivity contribution is -0.144. The second kappa shape index (κ2) is 6.83. The van der Waals surface area contributed by atoms with Gasteiger partial charge in [0.25, 0.3) is 0 Å². The van der Waals surface area contributed by atoms with Crippen molar-refractivity contribution in [3.8, 4) is 0 Å². The number of carbonyl (C=O) groups is 1. The fourth-order valence-corrected chi connectivity index (χ4v) is 4.78. The van der Waals surface area contributed by atoms with Crippen molar-refractivity contribution in [3.05, 3.63) is 0 Å². The van der Waals surface area contributed by atoms with Crippen LogP contribution in [-0.4, -0.2) is 52.6 Å². The van der Waals surface area contributed by atoms with Gasteiger partial charge in [-0.25, -0.2) is 4.79 Å². The second-order valence-corrected chi connectivity index (χ2v) is 9.07. The highest BCUT2D eigenvalue weighted by atomic mass is 16.6. The molecule has 2 aliphatic heterocycles. The Bertz CT molecular complexity index is 439. The van der Waals surface area contributed by atoms with Crippen LogP contribution in [0.1, 0.15) is 72.1 Å². The number of hydrogen-bond donors (Lipinski definition) is 1. The van der Waals surface area contributed by atoms with Crippen molar-refractivity contribution < 1.29 is 19.4 Å². The average Bonchev–Trinajstić information content (AvgIpc) is 2.45. The number of piperidine rings is 1. The third-order valence-electron chi connectivity index (χ3n) is 5.64. The summed E-state index contributed by atoms with van der Waals surface area (Å²) in [7, 11) is 0. The lowest BCUT2D eigenvalue weighted by Crippen LogP contribution is -2.64. The van der Waals surface area contributed by atoms with Crippen LogP contribution in [0.5, 0.6) is 0 Å². The van der Waals surface area contributed by atoms with E-state index in [1.54, 1.807) is 0 Å². The number of hydrogen-bond acceptors (Lipinski definition) is 4. The van der Waals surface area contributed by atoms with Crippen LogP contribution in [0.2, 0.25) is 0 Å². The largest absolute Gasteiger partial charge is 0.444 e. The predicted molar refractivity (Wildman–Crippen MR) is 91.8 cm³/mol. The Balaban J connectivity index is 1.67. The molecule has 24 heavy (non-hydrogen) atoms. The van der Waals surface area contributed by atoms with E-state index in [0.29, 0.717) is 32.0 Å². The molecule has 2 bridgehead atoms. The first-order chi connectivity index (χ1) is 11.3. The SMILES string of the molecule is CC(C)(C)OC(=O)N1C2COCC1CC(O)(CC1CCCCC1)C2. The molecule has 0 aromatic carbocycles. The molecule has 0 radical (unpaired) electrons. The van der Waals surface area contributed by atoms with Crippen LogP contribution in [0.4, 0.5) is 4.79 Å². The van der Waals surface area contributed by atoms with Crippen molar-refractivity contribution in [1.82, 2.24) is 4.90 Å². The van der Waals surface area contributed by atoms with E-state index in [1.807, 2.05) is 25.7 Å². The molecule has 2 saturated heterocycles. The van der Waals surface area contributed by atoms with Crippen LogP contribution < -0.4 is 0 Å². The number of amides is 1. The van der Waals surface area contributed by atoms with Crippen molar-refractivity contribution in [2.75, 3.05) is 13.2 Å². The maximum atomic E-state index is 12.6. The molecule has 1 saturated carbocycles. The molecule has 1 amide bonds. The summed E-state index contributed by atoms with van der Waals surface area (Å²) in [4.78, 5) is 14.4. The lowest BCUT2D eigenvalue weighted by atomic mass is 9.73. The zero-order valence-electron chi connectivity index (χ0n) is 15.4. The molecule has 2 unspecified atom stereocenters. The molecule has 138 valence electrons. The molecule has 2 atom stereocenters. The van der Waals surface area contributed by atoms with Gasteiger partial charge in [-0.05, 0) is 46.0 Å². The lowest BCUT2D eigenvalue weighted by Gasteiger charge is -2.52. The summed E-state index contributed by atoms with van der Waals surface area (Å²) in [6.45, 7) is 6.67. The van der Waals surface area contributed by atoms with E-state index < -0.39 is 11.2 Å². The van der Waals surface area contributed by atoms with Gasteiger partial charge < -0.3 is 14.6 Å². The number of morpholine rings is 1. The summed E-state index contributed by atoms with van der Waals surface area (Å²) in [5, 5.41) is 11.2. The molecule has 0 spiro atoms. The number of ether oxygens (including phenoxy) is 2. The van der Waals surface area contributed by atoms with Gasteiger partial charge in [-0.2, -0.15) is 0 Å². The van der Waals surface area contributed by atoms with Gasteiger partial charge in [0.05, 0.1) is 30.9 Å². The van der Waals surface area contributed by atoms with E-state index >= 15 is 0 Å². The summed E-state index contributed by atoms with van der Waals surface area (Å²) in [5.41, 5.74) is -1.15. The highest BCUT2D eigenvalue weighted by Crippen LogP contribution is 2.41. The van der Waals surface area contributed by atoms with E-state index in [2.05, 4.69) is 0 Å². The van der Waals surface area contributed by atoms with E-state index in [1.165, 1.54) is 32.1 Å². The Morgan fingerprint density at radius 2 is 1.75 bits per heavy atom. The van der Waals surface area contributed by atoms with E-state index in [9.17, 15) is 9.90 Å². The van der Waals surface area contributed by atoms with Crippen molar-refractivity contribution in [2.45, 2.75) is 95.4 Å². The van der Waals surface area contributed by atoms with Gasteiger partial charge in [-0.15, -0.1) is 0 Å². The summed E-state index contributed by atoms with van der Waals surface area (Å²) >= 11 is 0. The van der Waals surface area contributed by atoms with Gasteiger partial charge >= 0.3 is 6.09 Å². The maximum Gasteiger partial charge on any atom is 0.410 e. The Morgan fingerprint density at radius 3 is 2.29 bits per heavy atom. The molecule has 5 nitrogen and oxygen atoms in total. The van der Waals surface area contributed by atoms with E-state index in [4.69, 9.17) is 9.47 Å². The fraction of sp³-hybridized carbons (Fsp3) is 0.947. The third-order valence-corrected chi connectivity index (χ3v) is 5.64. The number of aliphatic hydroxyl groups is 1. The molecule has 3 fully saturated rings. The third kappa shape index (κ3) is 4.23. The summed E-state index contributed by atoms with van der Waals surface area (Å²) in [5.74, 6) is 0.637. The first-order valence-corrected chi connectivity index (χ1v) is 9.57. The number of fused-ring (bicyclic) bond motifs is 2. The van der Waals surface area contributed by atoms with Gasteiger partial charge in [-0.3, -0.25) is 4.90 Å². The first-order valence-electron chi connectivity index (χ1n) is 9.57. The van der Waals surface area contributed by atoms with Crippen LogP contribution >= 0.6 is 0 Å². The highest BCUT2D eigenvalue weighted by Gasteiger charge is 2.49. The number of rotatable bonds is 2. The van der Waals surface area contributed by atoms with Gasteiger partial charge in [0.15, 0.2) is 0 Å². The minimum absolute atomic E-state index is 0.0686. The molecule has 3 rings (SSSR count). The Hall–Kier alpha value is -0.810. The molecule has 1 aliphatic carbocycles. The van der Waals surface area contributed by atoms with Crippen LogP contribution in [-0.2, 0) is 9.47 Å². The number of nitrogens with zero attached hydrogens (tertiary/aromatic N) is 1. The van der Waals surface area contributed by atoms with E-state index in [-0.39, 0.29) is 18.2 Å². The molecule has 5 heteroatoms. The summed E-state index contributed by atoms with van der Waals surface area (Å²) in [6.07, 6.45) is 8.23.